The van der Waals surface area contributed by atoms with Crippen LogP contribution in [0.2, 0.25) is 25.7 Å². The lowest BCUT2D eigenvalue weighted by Gasteiger charge is -2.22. The van der Waals surface area contributed by atoms with Crippen LogP contribution >= 0.6 is 7.60 Å². The molecule has 0 amide bonds. The van der Waals surface area contributed by atoms with Crippen LogP contribution in [-0.2, 0) is 4.57 Å². The van der Waals surface area contributed by atoms with Gasteiger partial charge in [0.2, 0.25) is 0 Å². The first-order valence-electron chi connectivity index (χ1n) is 5.22. The molecule has 0 aliphatic heterocycles. The minimum absolute atomic E-state index is 0.403. The van der Waals surface area contributed by atoms with Crippen molar-refractivity contribution in [2.45, 2.75) is 57.5 Å². The van der Waals surface area contributed by atoms with Crippen molar-refractivity contribution in [1.82, 2.24) is 0 Å². The normalized spacial score (nSPS) is 15.6. The molecule has 0 saturated carbocycles. The van der Waals surface area contributed by atoms with Gasteiger partial charge in [-0.3, -0.25) is 4.57 Å². The SMILES string of the molecule is CCCC(CC[Si](C)(C)C)P(=O)(O)O. The van der Waals surface area contributed by atoms with Gasteiger partial charge in [-0.25, -0.2) is 0 Å². The van der Waals surface area contributed by atoms with Crippen LogP contribution < -0.4 is 0 Å². The van der Waals surface area contributed by atoms with Crippen LogP contribution in [0.15, 0.2) is 0 Å². The van der Waals surface area contributed by atoms with Crippen molar-refractivity contribution in [1.29, 1.82) is 0 Å². The maximum Gasteiger partial charge on any atom is 0.328 e. The fourth-order valence-corrected chi connectivity index (χ4v) is 3.93. The molecule has 0 rings (SSSR count). The lowest BCUT2D eigenvalue weighted by molar-refractivity contribution is 0.351. The van der Waals surface area contributed by atoms with Crippen LogP contribution in [0.1, 0.15) is 26.2 Å². The molecule has 1 atom stereocenters. The Bertz CT molecular complexity index is 207. The standard InChI is InChI=1S/C9H23O3PSi/c1-5-6-9(13(10,11)12)7-8-14(2,3)4/h9H,5-8H2,1-4H3,(H2,10,11,12). The molecule has 86 valence electrons. The first-order valence-corrected chi connectivity index (χ1v) is 10.6. The molecule has 0 bridgehead atoms. The Morgan fingerprint density at radius 3 is 2.00 bits per heavy atom. The van der Waals surface area contributed by atoms with Crippen molar-refractivity contribution < 1.29 is 14.4 Å². The summed E-state index contributed by atoms with van der Waals surface area (Å²) in [5.41, 5.74) is -0.403. The summed E-state index contributed by atoms with van der Waals surface area (Å²) in [7, 11) is -5.03. The van der Waals surface area contributed by atoms with Gasteiger partial charge in [-0.1, -0.05) is 39.0 Å². The second-order valence-electron chi connectivity index (χ2n) is 5.13. The molecule has 1 unspecified atom stereocenters. The zero-order valence-electron chi connectivity index (χ0n) is 9.66. The maximum absolute atomic E-state index is 11.1. The molecule has 0 saturated heterocycles. The smallest absolute Gasteiger partial charge is 0.324 e. The summed E-state index contributed by atoms with van der Waals surface area (Å²) in [6, 6.07) is 1.00. The van der Waals surface area contributed by atoms with Gasteiger partial charge in [-0.15, -0.1) is 0 Å². The molecule has 2 N–H and O–H groups in total. The highest BCUT2D eigenvalue weighted by atomic mass is 31.2. The first-order chi connectivity index (χ1) is 6.17. The van der Waals surface area contributed by atoms with Gasteiger partial charge in [-0.05, 0) is 12.8 Å². The summed E-state index contributed by atoms with van der Waals surface area (Å²) in [5.74, 6) is 0. The lowest BCUT2D eigenvalue weighted by atomic mass is 10.2. The topological polar surface area (TPSA) is 57.5 Å². The van der Waals surface area contributed by atoms with Crippen LogP contribution in [0.5, 0.6) is 0 Å². The quantitative estimate of drug-likeness (QED) is 0.552. The number of hydrogen-bond acceptors (Lipinski definition) is 1. The fourth-order valence-electron chi connectivity index (χ4n) is 1.41. The average molecular weight is 238 g/mol. The van der Waals surface area contributed by atoms with Crippen molar-refractivity contribution in [3.63, 3.8) is 0 Å². The van der Waals surface area contributed by atoms with Crippen molar-refractivity contribution in [2.24, 2.45) is 0 Å². The Hall–Kier alpha value is 0.367. The van der Waals surface area contributed by atoms with E-state index in [0.29, 0.717) is 12.8 Å². The van der Waals surface area contributed by atoms with E-state index in [9.17, 15) is 4.57 Å². The van der Waals surface area contributed by atoms with E-state index in [1.54, 1.807) is 0 Å². The monoisotopic (exact) mass is 238 g/mol. The summed E-state index contributed by atoms with van der Waals surface area (Å²) in [6.45, 7) is 8.66. The molecule has 5 heteroatoms. The number of hydrogen-bond donors (Lipinski definition) is 2. The van der Waals surface area contributed by atoms with Gasteiger partial charge in [0.05, 0.1) is 5.66 Å². The van der Waals surface area contributed by atoms with Crippen molar-refractivity contribution >= 4 is 15.7 Å². The Morgan fingerprint density at radius 1 is 1.21 bits per heavy atom. The van der Waals surface area contributed by atoms with E-state index in [2.05, 4.69) is 19.6 Å². The summed E-state index contributed by atoms with van der Waals surface area (Å²) in [5, 5.41) is 0. The summed E-state index contributed by atoms with van der Waals surface area (Å²) >= 11 is 0. The minimum Gasteiger partial charge on any atom is -0.324 e. The summed E-state index contributed by atoms with van der Waals surface area (Å²) in [4.78, 5) is 18.3. The molecule has 0 spiro atoms. The summed E-state index contributed by atoms with van der Waals surface area (Å²) in [6.07, 6.45) is 2.18. The molecule has 0 aromatic rings. The molecule has 0 aromatic carbocycles. The molecule has 14 heavy (non-hydrogen) atoms. The second-order valence-corrected chi connectivity index (χ2v) is 12.7. The van der Waals surface area contributed by atoms with Crippen molar-refractivity contribution in [3.8, 4) is 0 Å². The first kappa shape index (κ1) is 14.4. The van der Waals surface area contributed by atoms with E-state index in [4.69, 9.17) is 9.79 Å². The zero-order valence-corrected chi connectivity index (χ0v) is 11.6. The molecular formula is C9H23O3PSi. The predicted molar refractivity (Wildman–Crippen MR) is 63.5 cm³/mol. The fraction of sp³-hybridized carbons (Fsp3) is 1.00. The van der Waals surface area contributed by atoms with Gasteiger partial charge in [-0.2, -0.15) is 0 Å². The van der Waals surface area contributed by atoms with E-state index < -0.39 is 21.3 Å². The van der Waals surface area contributed by atoms with E-state index in [1.165, 1.54) is 0 Å². The third kappa shape index (κ3) is 6.77. The highest BCUT2D eigenvalue weighted by molar-refractivity contribution is 7.52. The molecule has 0 aliphatic rings. The van der Waals surface area contributed by atoms with Crippen LogP contribution in [0.4, 0.5) is 0 Å². The van der Waals surface area contributed by atoms with Crippen LogP contribution in [0.3, 0.4) is 0 Å². The Morgan fingerprint density at radius 2 is 1.71 bits per heavy atom. The van der Waals surface area contributed by atoms with Crippen molar-refractivity contribution in [3.05, 3.63) is 0 Å². The van der Waals surface area contributed by atoms with Gasteiger partial charge in [0.1, 0.15) is 0 Å². The third-order valence-corrected chi connectivity index (χ3v) is 5.58. The second kappa shape index (κ2) is 5.45. The van der Waals surface area contributed by atoms with E-state index in [-0.39, 0.29) is 0 Å². The molecule has 0 heterocycles. The molecular weight excluding hydrogens is 215 g/mol. The van der Waals surface area contributed by atoms with Crippen LogP contribution in [-0.4, -0.2) is 23.5 Å². The van der Waals surface area contributed by atoms with Gasteiger partial charge >= 0.3 is 7.60 Å². The highest BCUT2D eigenvalue weighted by Gasteiger charge is 2.29. The van der Waals surface area contributed by atoms with Crippen molar-refractivity contribution in [2.75, 3.05) is 0 Å². The predicted octanol–water partition coefficient (Wildman–Crippen LogP) is 3.06. The van der Waals surface area contributed by atoms with Crippen LogP contribution in [0.25, 0.3) is 0 Å². The molecule has 0 aliphatic carbocycles. The molecule has 0 radical (unpaired) electrons. The highest BCUT2D eigenvalue weighted by Crippen LogP contribution is 2.46. The van der Waals surface area contributed by atoms with Gasteiger partial charge in [0.15, 0.2) is 0 Å². The molecule has 3 nitrogen and oxygen atoms in total. The largest absolute Gasteiger partial charge is 0.328 e. The van der Waals surface area contributed by atoms with Gasteiger partial charge < -0.3 is 9.79 Å². The third-order valence-electron chi connectivity index (χ3n) is 2.33. The van der Waals surface area contributed by atoms with E-state index in [0.717, 1.165) is 12.5 Å². The molecule has 0 fully saturated rings. The minimum atomic E-state index is -3.86. The zero-order chi connectivity index (χ0) is 11.4. The van der Waals surface area contributed by atoms with Gasteiger partial charge in [0.25, 0.3) is 0 Å². The van der Waals surface area contributed by atoms with Gasteiger partial charge in [0, 0.05) is 8.07 Å². The van der Waals surface area contributed by atoms with E-state index >= 15 is 0 Å². The average Bonchev–Trinajstić information content (AvgIpc) is 1.93. The lowest BCUT2D eigenvalue weighted by Crippen LogP contribution is -2.22. The van der Waals surface area contributed by atoms with E-state index in [1.807, 2.05) is 6.92 Å². The Kier molecular flexibility index (Phi) is 5.59. The summed E-state index contributed by atoms with van der Waals surface area (Å²) < 4.78 is 11.1. The Balaban J connectivity index is 4.19. The van der Waals surface area contributed by atoms with Crippen LogP contribution in [0, 0.1) is 0 Å². The molecule has 0 aromatic heterocycles. The Labute approximate surface area is 88.1 Å². The number of rotatable bonds is 6. The maximum atomic E-state index is 11.1.